The smallest absolute Gasteiger partial charge is 0.100 e. The number of benzene rings is 4. The highest BCUT2D eigenvalue weighted by molar-refractivity contribution is 6.09. The number of hydrogen-bond donors (Lipinski definition) is 0. The third-order valence-corrected chi connectivity index (χ3v) is 4.73. The van der Waals surface area contributed by atoms with Gasteiger partial charge in [0.1, 0.15) is 6.04 Å². The molecule has 0 spiro atoms. The molecule has 0 amide bonds. The van der Waals surface area contributed by atoms with E-state index >= 15 is 0 Å². The minimum Gasteiger partial charge on any atom is -0.277 e. The van der Waals surface area contributed by atoms with E-state index in [1.807, 2.05) is 12.1 Å². The van der Waals surface area contributed by atoms with Crippen molar-refractivity contribution in [2.75, 3.05) is 0 Å². The lowest BCUT2D eigenvalue weighted by molar-refractivity contribution is 0.872. The maximum Gasteiger partial charge on any atom is 0.100 e. The van der Waals surface area contributed by atoms with E-state index in [9.17, 15) is 0 Å². The van der Waals surface area contributed by atoms with Gasteiger partial charge in [0.15, 0.2) is 0 Å². The van der Waals surface area contributed by atoms with Gasteiger partial charge in [0.2, 0.25) is 0 Å². The summed E-state index contributed by atoms with van der Waals surface area (Å²) in [4.78, 5) is 5.15. The van der Waals surface area contributed by atoms with Crippen LogP contribution < -0.4 is 0 Å². The van der Waals surface area contributed by atoms with Gasteiger partial charge >= 0.3 is 0 Å². The summed E-state index contributed by atoms with van der Waals surface area (Å²) in [6.45, 7) is 2.11. The van der Waals surface area contributed by atoms with E-state index in [1.165, 1.54) is 27.5 Å². The molecule has 4 aromatic carbocycles. The number of hydrogen-bond acceptors (Lipinski definition) is 1. The molecule has 0 aromatic heterocycles. The van der Waals surface area contributed by atoms with Gasteiger partial charge in [-0.05, 0) is 28.8 Å². The zero-order chi connectivity index (χ0) is 17.8. The van der Waals surface area contributed by atoms with Crippen LogP contribution in [-0.4, -0.2) is 5.71 Å². The van der Waals surface area contributed by atoms with Gasteiger partial charge in [0.05, 0.1) is 0 Å². The molecule has 0 fully saturated rings. The zero-order valence-corrected chi connectivity index (χ0v) is 14.8. The van der Waals surface area contributed by atoms with Crippen LogP contribution in [0.1, 0.15) is 29.7 Å². The van der Waals surface area contributed by atoms with Crippen LogP contribution in [0.3, 0.4) is 0 Å². The summed E-state index contributed by atoms with van der Waals surface area (Å²) in [5, 5.41) is 2.49. The van der Waals surface area contributed by atoms with E-state index in [0.717, 1.165) is 5.71 Å². The predicted molar refractivity (Wildman–Crippen MR) is 111 cm³/mol. The molecule has 0 saturated carbocycles. The van der Waals surface area contributed by atoms with Crippen LogP contribution in [0, 0.1) is 0 Å². The maximum absolute atomic E-state index is 5.15. The molecule has 1 heteroatoms. The molecule has 0 N–H and O–H groups in total. The Balaban J connectivity index is 1.84. The van der Waals surface area contributed by atoms with Gasteiger partial charge in [0, 0.05) is 11.3 Å². The Kier molecular flexibility index (Phi) is 4.61. The fourth-order valence-electron chi connectivity index (χ4n) is 3.42. The molecule has 126 valence electrons. The van der Waals surface area contributed by atoms with Crippen molar-refractivity contribution in [2.45, 2.75) is 13.0 Å². The molecule has 0 bridgehead atoms. The van der Waals surface area contributed by atoms with Crippen LogP contribution in [-0.2, 0) is 0 Å². The number of aliphatic imine (C=N–C) groups is 1. The predicted octanol–water partition coefficient (Wildman–Crippen LogP) is 6.44. The molecule has 26 heavy (non-hydrogen) atoms. The molecule has 0 saturated heterocycles. The standard InChI is InChI=1S/C25H21N/c1-19(23-18-10-16-20-11-8-9-17-24(20)23)26-25(21-12-4-2-5-13-21)22-14-6-3-7-15-22/h2-18,25H,1H3/b26-19+. The van der Waals surface area contributed by atoms with E-state index in [0.29, 0.717) is 0 Å². The quantitative estimate of drug-likeness (QED) is 0.381. The first kappa shape index (κ1) is 16.3. The van der Waals surface area contributed by atoms with Crippen LogP contribution in [0.25, 0.3) is 10.8 Å². The van der Waals surface area contributed by atoms with Gasteiger partial charge in [-0.25, -0.2) is 0 Å². The maximum atomic E-state index is 5.15. The molecule has 0 radical (unpaired) electrons. The molecule has 0 atom stereocenters. The molecule has 1 nitrogen and oxygen atoms in total. The van der Waals surface area contributed by atoms with E-state index in [4.69, 9.17) is 4.99 Å². The summed E-state index contributed by atoms with van der Waals surface area (Å²) in [5.74, 6) is 0. The molecule has 4 aromatic rings. The average molecular weight is 335 g/mol. The van der Waals surface area contributed by atoms with E-state index in [1.54, 1.807) is 0 Å². The lowest BCUT2D eigenvalue weighted by Gasteiger charge is -2.16. The van der Waals surface area contributed by atoms with E-state index in [-0.39, 0.29) is 6.04 Å². The fourth-order valence-corrected chi connectivity index (χ4v) is 3.42. The average Bonchev–Trinajstić information content (AvgIpc) is 2.72. The van der Waals surface area contributed by atoms with Crippen molar-refractivity contribution in [3.8, 4) is 0 Å². The second kappa shape index (κ2) is 7.37. The Labute approximate surface area is 154 Å². The lowest BCUT2D eigenvalue weighted by Crippen LogP contribution is -2.04. The van der Waals surface area contributed by atoms with Crippen molar-refractivity contribution in [3.63, 3.8) is 0 Å². The third kappa shape index (κ3) is 3.29. The van der Waals surface area contributed by atoms with Crippen LogP contribution in [0.4, 0.5) is 0 Å². The van der Waals surface area contributed by atoms with E-state index < -0.39 is 0 Å². The van der Waals surface area contributed by atoms with Crippen LogP contribution in [0.2, 0.25) is 0 Å². The number of nitrogens with zero attached hydrogens (tertiary/aromatic N) is 1. The Bertz CT molecular complexity index is 988. The van der Waals surface area contributed by atoms with Gasteiger partial charge in [-0.15, -0.1) is 0 Å². The molecular formula is C25H21N. The van der Waals surface area contributed by atoms with Gasteiger partial charge < -0.3 is 0 Å². The van der Waals surface area contributed by atoms with Crippen molar-refractivity contribution in [3.05, 3.63) is 120 Å². The SMILES string of the molecule is C/C(=N\C(c1ccccc1)c1ccccc1)c1cccc2ccccc12. The van der Waals surface area contributed by atoms with Crippen molar-refractivity contribution < 1.29 is 0 Å². The second-order valence-electron chi connectivity index (χ2n) is 6.47. The molecule has 0 aliphatic heterocycles. The molecular weight excluding hydrogens is 314 g/mol. The first-order valence-corrected chi connectivity index (χ1v) is 8.95. The van der Waals surface area contributed by atoms with Gasteiger partial charge in [0.25, 0.3) is 0 Å². The van der Waals surface area contributed by atoms with Crippen molar-refractivity contribution in [1.29, 1.82) is 0 Å². The minimum atomic E-state index is -0.00336. The Morgan fingerprint density at radius 1 is 0.615 bits per heavy atom. The Hall–Kier alpha value is -3.19. The van der Waals surface area contributed by atoms with Crippen molar-refractivity contribution >= 4 is 16.5 Å². The highest BCUT2D eigenvalue weighted by Gasteiger charge is 2.14. The normalized spacial score (nSPS) is 11.8. The summed E-state index contributed by atoms with van der Waals surface area (Å²) >= 11 is 0. The van der Waals surface area contributed by atoms with E-state index in [2.05, 4.69) is 97.9 Å². The van der Waals surface area contributed by atoms with Gasteiger partial charge in [-0.3, -0.25) is 4.99 Å². The third-order valence-electron chi connectivity index (χ3n) is 4.73. The summed E-state index contributed by atoms with van der Waals surface area (Å²) in [5.41, 5.74) is 4.66. The summed E-state index contributed by atoms with van der Waals surface area (Å²) in [7, 11) is 0. The molecule has 0 aliphatic rings. The highest BCUT2D eigenvalue weighted by atomic mass is 14.8. The summed E-state index contributed by atoms with van der Waals surface area (Å²) < 4.78 is 0. The first-order valence-electron chi connectivity index (χ1n) is 8.95. The van der Waals surface area contributed by atoms with Gasteiger partial charge in [-0.2, -0.15) is 0 Å². The molecule has 0 aliphatic carbocycles. The van der Waals surface area contributed by atoms with Crippen LogP contribution in [0.15, 0.2) is 108 Å². The largest absolute Gasteiger partial charge is 0.277 e. The number of fused-ring (bicyclic) bond motifs is 1. The molecule has 0 unspecified atom stereocenters. The summed E-state index contributed by atoms with van der Waals surface area (Å²) in [6.07, 6.45) is 0. The second-order valence-corrected chi connectivity index (χ2v) is 6.47. The topological polar surface area (TPSA) is 12.4 Å². The minimum absolute atomic E-state index is 0.00336. The van der Waals surface area contributed by atoms with Crippen LogP contribution in [0.5, 0.6) is 0 Å². The Morgan fingerprint density at radius 3 is 1.81 bits per heavy atom. The fraction of sp³-hybridized carbons (Fsp3) is 0.0800. The molecule has 0 heterocycles. The van der Waals surface area contributed by atoms with Crippen molar-refractivity contribution in [2.24, 2.45) is 4.99 Å². The molecule has 4 rings (SSSR count). The first-order chi connectivity index (χ1) is 12.8. The number of rotatable bonds is 4. The monoisotopic (exact) mass is 335 g/mol. The highest BCUT2D eigenvalue weighted by Crippen LogP contribution is 2.28. The zero-order valence-electron chi connectivity index (χ0n) is 14.8. The Morgan fingerprint density at radius 2 is 1.15 bits per heavy atom. The van der Waals surface area contributed by atoms with Crippen LogP contribution >= 0.6 is 0 Å². The summed E-state index contributed by atoms with van der Waals surface area (Å²) in [6, 6.07) is 35.9. The van der Waals surface area contributed by atoms with Gasteiger partial charge in [-0.1, -0.05) is 103 Å². The van der Waals surface area contributed by atoms with Crippen molar-refractivity contribution in [1.82, 2.24) is 0 Å². The lowest BCUT2D eigenvalue weighted by atomic mass is 9.97.